The first kappa shape index (κ1) is 10.4. The van der Waals surface area contributed by atoms with Gasteiger partial charge in [0.15, 0.2) is 0 Å². The van der Waals surface area contributed by atoms with E-state index in [1.54, 1.807) is 0 Å². The van der Waals surface area contributed by atoms with Gasteiger partial charge in [0.25, 0.3) is 0 Å². The fraction of sp³-hybridized carbons (Fsp3) is 0.833. The van der Waals surface area contributed by atoms with Crippen LogP contribution in [0.3, 0.4) is 0 Å². The first-order valence-corrected chi connectivity index (χ1v) is 5.71. The smallest absolute Gasteiger partial charge is 0.320 e. The van der Waals surface area contributed by atoms with Gasteiger partial charge in [-0.1, -0.05) is 0 Å². The topological polar surface area (TPSA) is 95.5 Å². The Morgan fingerprint density at radius 3 is 2.62 bits per heavy atom. The number of rotatable bonds is 3. The second kappa shape index (κ2) is 3.60. The van der Waals surface area contributed by atoms with Gasteiger partial charge in [0.1, 0.15) is 6.04 Å². The Morgan fingerprint density at radius 1 is 1.62 bits per heavy atom. The monoisotopic (exact) mass is 208 g/mol. The normalized spacial score (nSPS) is 29.0. The Labute approximate surface area is 76.4 Å². The van der Waals surface area contributed by atoms with Crippen molar-refractivity contribution in [2.24, 2.45) is 0 Å². The van der Waals surface area contributed by atoms with Crippen LogP contribution in [0, 0.1) is 0 Å². The van der Waals surface area contributed by atoms with Crippen molar-refractivity contribution in [2.45, 2.75) is 18.5 Å². The van der Waals surface area contributed by atoms with Gasteiger partial charge in [0.2, 0.25) is 10.0 Å². The van der Waals surface area contributed by atoms with Gasteiger partial charge in [-0.25, -0.2) is 13.1 Å². The average Bonchev–Trinajstić information content (AvgIpc) is 2.31. The van der Waals surface area contributed by atoms with E-state index in [-0.39, 0.29) is 6.04 Å². The van der Waals surface area contributed by atoms with Crippen LogP contribution in [0.2, 0.25) is 0 Å². The van der Waals surface area contributed by atoms with Gasteiger partial charge in [-0.2, -0.15) is 0 Å². The SMILES string of the molecule is CS(=O)(=O)N[C@@H]1CN[C@@H](C(=O)O)C1. The molecule has 0 bridgehead atoms. The number of hydrogen-bond acceptors (Lipinski definition) is 4. The van der Waals surface area contributed by atoms with E-state index in [0.717, 1.165) is 6.26 Å². The maximum absolute atomic E-state index is 10.8. The molecule has 0 aromatic heterocycles. The van der Waals surface area contributed by atoms with Crippen LogP contribution >= 0.6 is 0 Å². The lowest BCUT2D eigenvalue weighted by Crippen LogP contribution is -2.35. The predicted molar refractivity (Wildman–Crippen MR) is 45.8 cm³/mol. The molecule has 0 aliphatic carbocycles. The van der Waals surface area contributed by atoms with Crippen LogP contribution in [-0.4, -0.2) is 44.4 Å². The van der Waals surface area contributed by atoms with Crippen LogP contribution in [-0.2, 0) is 14.8 Å². The summed E-state index contributed by atoms with van der Waals surface area (Å²) in [6.45, 7) is 0.365. The Hall–Kier alpha value is -0.660. The fourth-order valence-corrected chi connectivity index (χ4v) is 2.10. The molecule has 0 amide bonds. The number of hydrogen-bond donors (Lipinski definition) is 3. The molecule has 1 fully saturated rings. The molecule has 1 aliphatic rings. The van der Waals surface area contributed by atoms with Gasteiger partial charge in [-0.3, -0.25) is 4.79 Å². The number of carbonyl (C=O) groups is 1. The van der Waals surface area contributed by atoms with E-state index in [4.69, 9.17) is 5.11 Å². The molecular formula is C6H12N2O4S. The van der Waals surface area contributed by atoms with E-state index in [2.05, 4.69) is 10.0 Å². The number of nitrogens with one attached hydrogen (secondary N) is 2. The molecular weight excluding hydrogens is 196 g/mol. The van der Waals surface area contributed by atoms with Crippen LogP contribution in [0.4, 0.5) is 0 Å². The molecule has 1 heterocycles. The molecule has 1 saturated heterocycles. The predicted octanol–water partition coefficient (Wildman–Crippen LogP) is -1.65. The van der Waals surface area contributed by atoms with Crippen LogP contribution < -0.4 is 10.0 Å². The van der Waals surface area contributed by atoms with Crippen molar-refractivity contribution in [3.63, 3.8) is 0 Å². The molecule has 13 heavy (non-hydrogen) atoms. The van der Waals surface area contributed by atoms with E-state index in [1.165, 1.54) is 0 Å². The van der Waals surface area contributed by atoms with Crippen molar-refractivity contribution in [1.82, 2.24) is 10.0 Å². The summed E-state index contributed by atoms with van der Waals surface area (Å²) in [4.78, 5) is 10.5. The third-order valence-electron chi connectivity index (χ3n) is 1.81. The zero-order valence-corrected chi connectivity index (χ0v) is 7.97. The molecule has 3 N–H and O–H groups in total. The number of sulfonamides is 1. The van der Waals surface area contributed by atoms with E-state index >= 15 is 0 Å². The van der Waals surface area contributed by atoms with E-state index in [1.807, 2.05) is 0 Å². The lowest BCUT2D eigenvalue weighted by Gasteiger charge is -2.08. The second-order valence-corrected chi connectivity index (χ2v) is 4.90. The van der Waals surface area contributed by atoms with Crippen molar-refractivity contribution >= 4 is 16.0 Å². The summed E-state index contributed by atoms with van der Waals surface area (Å²) in [6, 6.07) is -0.949. The molecule has 6 nitrogen and oxygen atoms in total. The molecule has 0 spiro atoms. The first-order chi connectivity index (χ1) is 5.88. The van der Waals surface area contributed by atoms with E-state index in [0.29, 0.717) is 13.0 Å². The highest BCUT2D eigenvalue weighted by Crippen LogP contribution is 2.07. The summed E-state index contributed by atoms with van der Waals surface area (Å²) in [5.74, 6) is -0.946. The summed E-state index contributed by atoms with van der Waals surface area (Å²) < 4.78 is 23.9. The summed E-state index contributed by atoms with van der Waals surface area (Å²) >= 11 is 0. The van der Waals surface area contributed by atoms with Crippen molar-refractivity contribution in [3.8, 4) is 0 Å². The van der Waals surface area contributed by atoms with E-state index in [9.17, 15) is 13.2 Å². The molecule has 2 atom stereocenters. The lowest BCUT2D eigenvalue weighted by molar-refractivity contribution is -0.139. The second-order valence-electron chi connectivity index (χ2n) is 3.12. The lowest BCUT2D eigenvalue weighted by atomic mass is 10.2. The molecule has 76 valence electrons. The van der Waals surface area contributed by atoms with Gasteiger partial charge >= 0.3 is 5.97 Å². The van der Waals surface area contributed by atoms with Gasteiger partial charge < -0.3 is 10.4 Å². The van der Waals surface area contributed by atoms with Crippen molar-refractivity contribution < 1.29 is 18.3 Å². The molecule has 0 aromatic carbocycles. The van der Waals surface area contributed by atoms with E-state index < -0.39 is 22.0 Å². The van der Waals surface area contributed by atoms with Crippen molar-refractivity contribution in [2.75, 3.05) is 12.8 Å². The Bertz CT molecular complexity index is 300. The average molecular weight is 208 g/mol. The zero-order valence-electron chi connectivity index (χ0n) is 7.15. The standard InChI is InChI=1S/C6H12N2O4S/c1-13(11,12)8-4-2-5(6(9)10)7-3-4/h4-5,7-8H,2-3H2,1H3,(H,9,10)/t4-,5+/m0/s1. The zero-order chi connectivity index (χ0) is 10.1. The number of carboxylic acid groups (broad SMARTS) is 1. The van der Waals surface area contributed by atoms with Gasteiger partial charge in [-0.05, 0) is 6.42 Å². The number of aliphatic carboxylic acids is 1. The minimum absolute atomic E-state index is 0.294. The fourth-order valence-electron chi connectivity index (χ4n) is 1.32. The van der Waals surface area contributed by atoms with Crippen LogP contribution in [0.15, 0.2) is 0 Å². The molecule has 7 heteroatoms. The molecule has 0 aromatic rings. The maximum Gasteiger partial charge on any atom is 0.320 e. The largest absolute Gasteiger partial charge is 0.480 e. The Balaban J connectivity index is 2.47. The number of carboxylic acids is 1. The highest BCUT2D eigenvalue weighted by molar-refractivity contribution is 7.88. The molecule has 0 saturated carbocycles. The summed E-state index contributed by atoms with van der Waals surface area (Å²) in [5.41, 5.74) is 0. The maximum atomic E-state index is 10.8. The Kier molecular flexibility index (Phi) is 2.89. The molecule has 0 unspecified atom stereocenters. The third-order valence-corrected chi connectivity index (χ3v) is 2.57. The van der Waals surface area contributed by atoms with Crippen molar-refractivity contribution in [1.29, 1.82) is 0 Å². The highest BCUT2D eigenvalue weighted by Gasteiger charge is 2.30. The third kappa shape index (κ3) is 3.29. The van der Waals surface area contributed by atoms with Crippen LogP contribution in [0.5, 0.6) is 0 Å². The van der Waals surface area contributed by atoms with Gasteiger partial charge in [-0.15, -0.1) is 0 Å². The van der Waals surface area contributed by atoms with Gasteiger partial charge in [0, 0.05) is 12.6 Å². The summed E-state index contributed by atoms with van der Waals surface area (Å²) in [6.07, 6.45) is 1.35. The Morgan fingerprint density at radius 2 is 2.23 bits per heavy atom. The molecule has 1 aliphatic heterocycles. The minimum Gasteiger partial charge on any atom is -0.480 e. The first-order valence-electron chi connectivity index (χ1n) is 3.82. The summed E-state index contributed by atoms with van der Waals surface area (Å²) in [5, 5.41) is 11.3. The quantitative estimate of drug-likeness (QED) is 0.516. The molecule has 1 rings (SSSR count). The van der Waals surface area contributed by atoms with Crippen LogP contribution in [0.1, 0.15) is 6.42 Å². The summed E-state index contributed by atoms with van der Waals surface area (Å²) in [7, 11) is -3.24. The van der Waals surface area contributed by atoms with Crippen LogP contribution in [0.25, 0.3) is 0 Å². The minimum atomic E-state index is -3.24. The molecule has 0 radical (unpaired) electrons. The van der Waals surface area contributed by atoms with Crippen molar-refractivity contribution in [3.05, 3.63) is 0 Å². The van der Waals surface area contributed by atoms with Gasteiger partial charge in [0.05, 0.1) is 6.26 Å². The highest BCUT2D eigenvalue weighted by atomic mass is 32.2.